The van der Waals surface area contributed by atoms with Crippen molar-refractivity contribution in [1.29, 1.82) is 0 Å². The Morgan fingerprint density at radius 2 is 2.13 bits per heavy atom. The Hall–Kier alpha value is -3.02. The second-order valence-electron chi connectivity index (χ2n) is 8.47. The number of unbranched alkanes of at least 4 members (excludes halogenated alkanes) is 1. The topological polar surface area (TPSA) is 54.5 Å². The van der Waals surface area contributed by atoms with E-state index < -0.39 is 0 Å². The van der Waals surface area contributed by atoms with E-state index in [4.69, 9.17) is 4.42 Å². The molecule has 6 heteroatoms. The highest BCUT2D eigenvalue weighted by molar-refractivity contribution is 5.92. The van der Waals surface area contributed by atoms with E-state index in [1.165, 1.54) is 5.69 Å². The fraction of sp³-hybridized carbons (Fsp3) is 0.417. The van der Waals surface area contributed by atoms with E-state index in [9.17, 15) is 4.79 Å². The van der Waals surface area contributed by atoms with Gasteiger partial charge in [0.1, 0.15) is 11.3 Å². The van der Waals surface area contributed by atoms with Crippen LogP contribution >= 0.6 is 0 Å². The van der Waals surface area contributed by atoms with Gasteiger partial charge in [-0.3, -0.25) is 4.79 Å². The number of hydrogen-bond acceptors (Lipinski definition) is 4. The van der Waals surface area contributed by atoms with Crippen LogP contribution in [-0.4, -0.2) is 40.0 Å². The van der Waals surface area contributed by atoms with Crippen molar-refractivity contribution in [1.82, 2.24) is 14.5 Å². The van der Waals surface area contributed by atoms with Crippen molar-refractivity contribution in [2.75, 3.05) is 24.5 Å². The number of carbonyl (C=O) groups is 1. The van der Waals surface area contributed by atoms with Gasteiger partial charge in [0, 0.05) is 25.5 Å². The van der Waals surface area contributed by atoms with Crippen molar-refractivity contribution < 1.29 is 9.21 Å². The van der Waals surface area contributed by atoms with E-state index in [0.717, 1.165) is 48.6 Å². The molecule has 2 aliphatic rings. The highest BCUT2D eigenvalue weighted by atomic mass is 16.4. The molecule has 1 saturated heterocycles. The van der Waals surface area contributed by atoms with Gasteiger partial charge in [-0.2, -0.15) is 0 Å². The Bertz CT molecular complexity index is 1080. The minimum absolute atomic E-state index is 0.0198. The maximum Gasteiger partial charge on any atom is 0.289 e. The molecule has 1 fully saturated rings. The summed E-state index contributed by atoms with van der Waals surface area (Å²) in [4.78, 5) is 22.4. The van der Waals surface area contributed by atoms with Gasteiger partial charge in [-0.15, -0.1) is 0 Å². The number of aromatic nitrogens is 2. The van der Waals surface area contributed by atoms with Crippen LogP contribution in [0.2, 0.25) is 0 Å². The van der Waals surface area contributed by atoms with Crippen molar-refractivity contribution in [3.05, 3.63) is 65.5 Å². The van der Waals surface area contributed by atoms with Crippen molar-refractivity contribution in [3.8, 4) is 5.82 Å². The molecule has 3 aromatic heterocycles. The predicted octanol–water partition coefficient (Wildman–Crippen LogP) is 4.44. The fourth-order valence-electron chi connectivity index (χ4n) is 4.98. The number of anilines is 1. The first-order valence-corrected chi connectivity index (χ1v) is 10.8. The zero-order chi connectivity index (χ0) is 20.9. The molecule has 6 nitrogen and oxygen atoms in total. The standard InChI is InChI=1S/C24H28N4O2/c1-4-5-13-28-19-8-6-11-25-22(19)27-12-7-9-21(27)24(28)10-14-26(16-24)23(29)20-15-17(2)18(3)30-20/h6-9,11-12,15H,4-5,10,13-14,16H2,1-3H3. The van der Waals surface area contributed by atoms with Crippen LogP contribution in [0.25, 0.3) is 5.82 Å². The maximum atomic E-state index is 13.2. The third-order valence-corrected chi connectivity index (χ3v) is 6.67. The summed E-state index contributed by atoms with van der Waals surface area (Å²) in [6, 6.07) is 10.3. The molecule has 0 bridgehead atoms. The zero-order valence-corrected chi connectivity index (χ0v) is 17.9. The Morgan fingerprint density at radius 1 is 1.27 bits per heavy atom. The predicted molar refractivity (Wildman–Crippen MR) is 116 cm³/mol. The molecule has 0 radical (unpaired) electrons. The van der Waals surface area contributed by atoms with Gasteiger partial charge >= 0.3 is 0 Å². The minimum Gasteiger partial charge on any atom is -0.456 e. The molecule has 30 heavy (non-hydrogen) atoms. The summed E-state index contributed by atoms with van der Waals surface area (Å²) in [6.45, 7) is 8.40. The molecular weight excluding hydrogens is 376 g/mol. The van der Waals surface area contributed by atoms with Crippen molar-refractivity contribution >= 4 is 11.6 Å². The lowest BCUT2D eigenvalue weighted by Gasteiger charge is -2.47. The SMILES string of the molecule is CCCCN1c2cccnc2-n2cccc2C12CCN(C(=O)c1cc(C)c(C)o1)C2. The Morgan fingerprint density at radius 3 is 2.90 bits per heavy atom. The monoisotopic (exact) mass is 404 g/mol. The van der Waals surface area contributed by atoms with Crippen molar-refractivity contribution in [3.63, 3.8) is 0 Å². The molecule has 1 spiro atoms. The molecule has 5 heterocycles. The summed E-state index contributed by atoms with van der Waals surface area (Å²) in [5.41, 5.74) is 3.13. The zero-order valence-electron chi connectivity index (χ0n) is 17.9. The molecule has 156 valence electrons. The first-order chi connectivity index (χ1) is 14.5. The molecule has 1 atom stereocenters. The average Bonchev–Trinajstić information content (AvgIpc) is 3.48. The van der Waals surface area contributed by atoms with E-state index >= 15 is 0 Å². The first-order valence-electron chi connectivity index (χ1n) is 10.8. The van der Waals surface area contributed by atoms with Crippen LogP contribution < -0.4 is 4.90 Å². The number of carbonyl (C=O) groups excluding carboxylic acids is 1. The molecule has 1 unspecified atom stereocenters. The number of nitrogens with zero attached hydrogens (tertiary/aromatic N) is 4. The van der Waals surface area contributed by atoms with Crippen molar-refractivity contribution in [2.24, 2.45) is 0 Å². The van der Waals surface area contributed by atoms with Gasteiger partial charge in [0.15, 0.2) is 11.6 Å². The highest BCUT2D eigenvalue weighted by Crippen LogP contribution is 2.47. The van der Waals surface area contributed by atoms with Gasteiger partial charge < -0.3 is 18.8 Å². The lowest BCUT2D eigenvalue weighted by atomic mass is 9.88. The van der Waals surface area contributed by atoms with E-state index in [1.54, 1.807) is 0 Å². The quantitative estimate of drug-likeness (QED) is 0.645. The Balaban J connectivity index is 1.56. The lowest BCUT2D eigenvalue weighted by Crippen LogP contribution is -2.53. The summed E-state index contributed by atoms with van der Waals surface area (Å²) in [5, 5.41) is 0. The number of aryl methyl sites for hydroxylation is 2. The van der Waals surface area contributed by atoms with E-state index in [2.05, 4.69) is 45.8 Å². The molecule has 0 N–H and O–H groups in total. The van der Waals surface area contributed by atoms with Gasteiger partial charge in [-0.25, -0.2) is 4.98 Å². The molecule has 0 saturated carbocycles. The number of amides is 1. The van der Waals surface area contributed by atoms with Gasteiger partial charge in [-0.1, -0.05) is 13.3 Å². The fourth-order valence-corrected chi connectivity index (χ4v) is 4.98. The number of pyridine rings is 1. The van der Waals surface area contributed by atoms with Gasteiger partial charge in [0.2, 0.25) is 0 Å². The normalized spacial score (nSPS) is 20.0. The van der Waals surface area contributed by atoms with E-state index in [0.29, 0.717) is 18.8 Å². The summed E-state index contributed by atoms with van der Waals surface area (Å²) in [6.07, 6.45) is 7.05. The molecule has 2 aliphatic heterocycles. The second-order valence-corrected chi connectivity index (χ2v) is 8.47. The largest absolute Gasteiger partial charge is 0.456 e. The highest BCUT2D eigenvalue weighted by Gasteiger charge is 2.50. The molecule has 1 amide bonds. The lowest BCUT2D eigenvalue weighted by molar-refractivity contribution is 0.0749. The summed E-state index contributed by atoms with van der Waals surface area (Å²) in [5.74, 6) is 2.20. The van der Waals surface area contributed by atoms with E-state index in [-0.39, 0.29) is 11.4 Å². The van der Waals surface area contributed by atoms with E-state index in [1.807, 2.05) is 37.1 Å². The summed E-state index contributed by atoms with van der Waals surface area (Å²) >= 11 is 0. The molecule has 5 rings (SSSR count). The van der Waals surface area contributed by atoms with Gasteiger partial charge in [0.05, 0.1) is 17.9 Å². The number of furan rings is 1. The Labute approximate surface area is 177 Å². The van der Waals surface area contributed by atoms with Crippen LogP contribution in [0.15, 0.2) is 47.1 Å². The average molecular weight is 405 g/mol. The van der Waals surface area contributed by atoms with Gasteiger partial charge in [0.25, 0.3) is 5.91 Å². The smallest absolute Gasteiger partial charge is 0.289 e. The number of hydrogen-bond donors (Lipinski definition) is 0. The molecule has 3 aromatic rings. The molecular formula is C24H28N4O2. The Kier molecular flexibility index (Phi) is 4.45. The summed E-state index contributed by atoms with van der Waals surface area (Å²) < 4.78 is 7.95. The van der Waals surface area contributed by atoms with Crippen LogP contribution in [0.1, 0.15) is 53.8 Å². The second kappa shape index (κ2) is 7.04. The van der Waals surface area contributed by atoms with Gasteiger partial charge in [-0.05, 0) is 62.6 Å². The van der Waals surface area contributed by atoms with Crippen LogP contribution in [0.3, 0.4) is 0 Å². The molecule has 0 aromatic carbocycles. The van der Waals surface area contributed by atoms with Crippen LogP contribution in [0.5, 0.6) is 0 Å². The van der Waals surface area contributed by atoms with Crippen LogP contribution in [0.4, 0.5) is 5.69 Å². The third kappa shape index (κ3) is 2.70. The number of rotatable bonds is 4. The summed E-state index contributed by atoms with van der Waals surface area (Å²) in [7, 11) is 0. The van der Waals surface area contributed by atoms with Crippen LogP contribution in [-0.2, 0) is 5.54 Å². The first kappa shape index (κ1) is 19.0. The number of fused-ring (bicyclic) bond motifs is 4. The van der Waals surface area contributed by atoms with Crippen molar-refractivity contribution in [2.45, 2.75) is 45.6 Å². The minimum atomic E-state index is -0.249. The third-order valence-electron chi connectivity index (χ3n) is 6.67. The maximum absolute atomic E-state index is 13.2. The van der Waals surface area contributed by atoms with Crippen LogP contribution in [0, 0.1) is 13.8 Å². The molecule has 0 aliphatic carbocycles. The number of likely N-dealkylation sites (tertiary alicyclic amines) is 1.